The summed E-state index contributed by atoms with van der Waals surface area (Å²) < 4.78 is 68.6. The Hall–Kier alpha value is -1.94. The van der Waals surface area contributed by atoms with Gasteiger partial charge in [-0.1, -0.05) is 370 Å². The van der Waals surface area contributed by atoms with Gasteiger partial charge in [0, 0.05) is 25.7 Å². The number of hydrogen-bond acceptors (Lipinski definition) is 15. The third-order valence-electron chi connectivity index (χ3n) is 18.9. The summed E-state index contributed by atoms with van der Waals surface area (Å²) in [7, 11) is -9.92. The van der Waals surface area contributed by atoms with Gasteiger partial charge in [-0.3, -0.25) is 37.3 Å². The fourth-order valence-corrected chi connectivity index (χ4v) is 14.1. The van der Waals surface area contributed by atoms with Crippen LogP contribution in [0.3, 0.4) is 0 Å². The van der Waals surface area contributed by atoms with Crippen molar-refractivity contribution >= 4 is 39.5 Å². The van der Waals surface area contributed by atoms with E-state index in [0.29, 0.717) is 31.6 Å². The van der Waals surface area contributed by atoms with Crippen molar-refractivity contribution in [1.82, 2.24) is 0 Å². The second-order valence-electron chi connectivity index (χ2n) is 30.6. The summed E-state index contributed by atoms with van der Waals surface area (Å²) in [6.07, 6.45) is 60.0. The van der Waals surface area contributed by atoms with Gasteiger partial charge in [0.15, 0.2) is 12.2 Å². The number of unbranched alkanes of at least 4 members (excludes halogenated alkanes) is 47. The number of phosphoric acid groups is 2. The van der Waals surface area contributed by atoms with E-state index in [0.717, 1.165) is 108 Å². The first-order valence-corrected chi connectivity index (χ1v) is 44.8. The molecule has 0 heterocycles. The summed E-state index contributed by atoms with van der Waals surface area (Å²) in [4.78, 5) is 72.9. The van der Waals surface area contributed by atoms with Crippen LogP contribution in [0.15, 0.2) is 0 Å². The van der Waals surface area contributed by atoms with Gasteiger partial charge in [0.1, 0.15) is 19.3 Å². The predicted octanol–water partition coefficient (Wildman–Crippen LogP) is 24.1. The molecule has 0 aliphatic carbocycles. The molecule has 0 bridgehead atoms. The number of esters is 4. The second kappa shape index (κ2) is 71.3. The van der Waals surface area contributed by atoms with Crippen LogP contribution in [0, 0.1) is 17.8 Å². The zero-order valence-corrected chi connectivity index (χ0v) is 67.5. The molecule has 100 heavy (non-hydrogen) atoms. The summed E-state index contributed by atoms with van der Waals surface area (Å²) in [6, 6.07) is 0. The topological polar surface area (TPSA) is 237 Å². The minimum atomic E-state index is -4.96. The highest BCUT2D eigenvalue weighted by Crippen LogP contribution is 2.45. The molecule has 19 heteroatoms. The number of phosphoric ester groups is 2. The fourth-order valence-electron chi connectivity index (χ4n) is 12.5. The zero-order valence-electron chi connectivity index (χ0n) is 65.7. The van der Waals surface area contributed by atoms with Crippen molar-refractivity contribution in [3.8, 4) is 0 Å². The van der Waals surface area contributed by atoms with Crippen LogP contribution in [-0.2, 0) is 65.4 Å². The Bertz CT molecular complexity index is 1940. The van der Waals surface area contributed by atoms with Crippen molar-refractivity contribution in [2.24, 2.45) is 17.8 Å². The molecule has 0 rings (SSSR count). The SMILES string of the molecule is CCCCCCCCCCCCCCCCCCCCCCCCC(=O)O[C@H](COC(=O)CCCCCCCCCCCCCCCC(C)C)COP(=O)(O)OC[C@@H](O)COP(=O)(O)OC[C@@H](COC(=O)CCCCCCCCC(C)C)OC(=O)CCCCCCCCCCCCC(C)C. The maximum Gasteiger partial charge on any atom is 0.472 e. The molecule has 594 valence electrons. The second-order valence-corrected chi connectivity index (χ2v) is 33.5. The number of hydrogen-bond donors (Lipinski definition) is 3. The Morgan fingerprint density at radius 1 is 0.270 bits per heavy atom. The van der Waals surface area contributed by atoms with Crippen LogP contribution >= 0.6 is 15.6 Å². The molecule has 0 saturated heterocycles. The molecule has 3 N–H and O–H groups in total. The zero-order chi connectivity index (χ0) is 73.7. The maximum atomic E-state index is 13.1. The molecule has 0 amide bonds. The number of ether oxygens (including phenoxy) is 4. The molecule has 2 unspecified atom stereocenters. The minimum absolute atomic E-state index is 0.105. The van der Waals surface area contributed by atoms with E-state index >= 15 is 0 Å². The molecule has 0 aromatic carbocycles. The molecule has 0 aliphatic rings. The Kier molecular flexibility index (Phi) is 69.9. The quantitative estimate of drug-likeness (QED) is 0.0222. The molecule has 5 atom stereocenters. The highest BCUT2D eigenvalue weighted by atomic mass is 31.2. The molecule has 0 fully saturated rings. The number of carbonyl (C=O) groups is 4. The average molecular weight is 1470 g/mol. The van der Waals surface area contributed by atoms with Crippen LogP contribution in [0.2, 0.25) is 0 Å². The molecular formula is C81H158O17P2. The number of carbonyl (C=O) groups excluding carboxylic acids is 4. The van der Waals surface area contributed by atoms with Gasteiger partial charge < -0.3 is 33.8 Å². The van der Waals surface area contributed by atoms with Crippen LogP contribution in [0.25, 0.3) is 0 Å². The first kappa shape index (κ1) is 98.1. The maximum absolute atomic E-state index is 13.1. The third-order valence-corrected chi connectivity index (χ3v) is 20.8. The van der Waals surface area contributed by atoms with Crippen LogP contribution in [-0.4, -0.2) is 96.7 Å². The first-order valence-electron chi connectivity index (χ1n) is 41.8. The van der Waals surface area contributed by atoms with E-state index < -0.39 is 97.5 Å². The molecule has 0 aromatic rings. The van der Waals surface area contributed by atoms with Crippen molar-refractivity contribution in [2.75, 3.05) is 39.6 Å². The van der Waals surface area contributed by atoms with Crippen molar-refractivity contribution in [2.45, 2.75) is 439 Å². The third kappa shape index (κ3) is 74.3. The van der Waals surface area contributed by atoms with E-state index in [9.17, 15) is 43.2 Å². The van der Waals surface area contributed by atoms with Gasteiger partial charge in [-0.05, 0) is 43.4 Å². The summed E-state index contributed by atoms with van der Waals surface area (Å²) in [5.41, 5.74) is 0. The van der Waals surface area contributed by atoms with E-state index in [4.69, 9.17) is 37.0 Å². The van der Waals surface area contributed by atoms with E-state index in [1.807, 2.05) is 0 Å². The first-order chi connectivity index (χ1) is 48.2. The highest BCUT2D eigenvalue weighted by Gasteiger charge is 2.30. The van der Waals surface area contributed by atoms with E-state index in [2.05, 4.69) is 48.5 Å². The van der Waals surface area contributed by atoms with Gasteiger partial charge in [-0.25, -0.2) is 9.13 Å². The smallest absolute Gasteiger partial charge is 0.462 e. The standard InChI is InChI=1S/C81H158O17P2/c1-8-9-10-11-12-13-14-15-16-17-18-19-20-21-22-23-26-30-36-41-50-57-64-80(85)97-76(68-91-78(83)62-55-48-40-35-29-27-24-25-28-33-38-45-52-59-72(2)3)70-95-99(87,88)93-66-75(82)67-94-100(89,90)96-71-77(69-92-79(84)63-56-49-44-43-47-54-61-74(6)7)98-81(86)65-58-51-42-37-32-31-34-39-46-53-60-73(4)5/h72-77,82H,8-71H2,1-7H3,(H,87,88)(H,89,90)/t75-,76-,77-/m1/s1. The fraction of sp³-hybridized carbons (Fsp3) is 0.951. The molecule has 0 aromatic heterocycles. The summed E-state index contributed by atoms with van der Waals surface area (Å²) in [6.45, 7) is 11.9. The minimum Gasteiger partial charge on any atom is -0.462 e. The summed E-state index contributed by atoms with van der Waals surface area (Å²) in [5, 5.41) is 10.6. The molecule has 17 nitrogen and oxygen atoms in total. The van der Waals surface area contributed by atoms with E-state index in [-0.39, 0.29) is 25.7 Å². The number of rotatable bonds is 79. The highest BCUT2D eigenvalue weighted by molar-refractivity contribution is 7.47. The van der Waals surface area contributed by atoms with Gasteiger partial charge >= 0.3 is 39.5 Å². The largest absolute Gasteiger partial charge is 0.472 e. The van der Waals surface area contributed by atoms with Gasteiger partial charge in [-0.15, -0.1) is 0 Å². The monoisotopic (exact) mass is 1470 g/mol. The summed E-state index contributed by atoms with van der Waals surface area (Å²) in [5.74, 6) is 0.107. The molecule has 0 radical (unpaired) electrons. The van der Waals surface area contributed by atoms with Gasteiger partial charge in [-0.2, -0.15) is 0 Å². The lowest BCUT2D eigenvalue weighted by Gasteiger charge is -2.21. The van der Waals surface area contributed by atoms with E-state index in [1.54, 1.807) is 0 Å². The lowest BCUT2D eigenvalue weighted by atomic mass is 10.0. The normalized spacial score (nSPS) is 14.0. The average Bonchev–Trinajstić information content (AvgIpc) is 1.08. The number of aliphatic hydroxyl groups excluding tert-OH is 1. The van der Waals surface area contributed by atoms with Gasteiger partial charge in [0.2, 0.25) is 0 Å². The summed E-state index contributed by atoms with van der Waals surface area (Å²) >= 11 is 0. The van der Waals surface area contributed by atoms with Crippen molar-refractivity contribution in [3.05, 3.63) is 0 Å². The van der Waals surface area contributed by atoms with Crippen molar-refractivity contribution in [1.29, 1.82) is 0 Å². The molecule has 0 spiro atoms. The Morgan fingerprint density at radius 3 is 0.680 bits per heavy atom. The van der Waals surface area contributed by atoms with Crippen LogP contribution in [0.5, 0.6) is 0 Å². The van der Waals surface area contributed by atoms with Crippen LogP contribution < -0.4 is 0 Å². The van der Waals surface area contributed by atoms with Gasteiger partial charge in [0.05, 0.1) is 26.4 Å². The van der Waals surface area contributed by atoms with Crippen molar-refractivity contribution in [3.63, 3.8) is 0 Å². The Morgan fingerprint density at radius 2 is 0.460 bits per heavy atom. The van der Waals surface area contributed by atoms with Crippen molar-refractivity contribution < 1.29 is 80.2 Å². The Balaban J connectivity index is 5.20. The number of aliphatic hydroxyl groups is 1. The van der Waals surface area contributed by atoms with Gasteiger partial charge in [0.25, 0.3) is 0 Å². The lowest BCUT2D eigenvalue weighted by molar-refractivity contribution is -0.161. The molecular weight excluding hydrogens is 1310 g/mol. The Labute approximate surface area is 613 Å². The lowest BCUT2D eigenvalue weighted by Crippen LogP contribution is -2.30. The molecule has 0 saturated carbocycles. The van der Waals surface area contributed by atoms with Crippen LogP contribution in [0.1, 0.15) is 421 Å². The van der Waals surface area contributed by atoms with E-state index in [1.165, 1.54) is 225 Å². The molecule has 0 aliphatic heterocycles. The van der Waals surface area contributed by atoms with Crippen LogP contribution in [0.4, 0.5) is 0 Å². The predicted molar refractivity (Wildman–Crippen MR) is 409 cm³/mol.